The van der Waals surface area contributed by atoms with Crippen LogP contribution in [0.25, 0.3) is 0 Å². The molecule has 0 radical (unpaired) electrons. The molecule has 5 heteroatoms. The maximum Gasteiger partial charge on any atom is 0.352 e. The first-order chi connectivity index (χ1) is 7.76. The van der Waals surface area contributed by atoms with Gasteiger partial charge in [-0.2, -0.15) is 0 Å². The maximum atomic E-state index is 11.2. The summed E-state index contributed by atoms with van der Waals surface area (Å²) in [5.74, 6) is -1.20. The molecule has 0 aromatic carbocycles. The van der Waals surface area contributed by atoms with Gasteiger partial charge in [0.25, 0.3) is 0 Å². The van der Waals surface area contributed by atoms with Crippen molar-refractivity contribution in [3.8, 4) is 0 Å². The number of carbonyl (C=O) groups is 2. The molecule has 0 fully saturated rings. The number of methoxy groups -OCH3 is 1. The van der Waals surface area contributed by atoms with E-state index in [1.54, 1.807) is 13.3 Å². The van der Waals surface area contributed by atoms with Crippen molar-refractivity contribution < 1.29 is 19.4 Å². The van der Waals surface area contributed by atoms with E-state index in [2.05, 4.69) is 0 Å². The molecule has 0 unspecified atom stereocenters. The number of ether oxygens (including phenoxy) is 1. The first kappa shape index (κ1) is 13.4. The summed E-state index contributed by atoms with van der Waals surface area (Å²) in [7, 11) is 1.57. The molecule has 0 aliphatic heterocycles. The van der Waals surface area contributed by atoms with E-state index in [-0.39, 0.29) is 11.5 Å². The third-order valence-electron chi connectivity index (χ3n) is 2.63. The summed E-state index contributed by atoms with van der Waals surface area (Å²) in [5, 5.41) is 9.06. The monoisotopic (exact) mass is 239 g/mol. The number of hydrogen-bond acceptors (Lipinski definition) is 3. The molecule has 0 spiro atoms. The summed E-state index contributed by atoms with van der Waals surface area (Å²) in [5.41, 5.74) is 0.00622. The topological polar surface area (TPSA) is 68.5 Å². The third-order valence-corrected chi connectivity index (χ3v) is 2.63. The number of hydrogen-bond donors (Lipinski definition) is 1. The Balaban J connectivity index is 3.13. The number of carboxylic acids is 1. The zero-order chi connectivity index (χ0) is 13.2. The van der Waals surface area contributed by atoms with Gasteiger partial charge < -0.3 is 14.4 Å². The van der Waals surface area contributed by atoms with Gasteiger partial charge in [-0.1, -0.05) is 0 Å². The lowest BCUT2D eigenvalue weighted by Crippen LogP contribution is -2.30. The van der Waals surface area contributed by atoms with E-state index in [0.29, 0.717) is 12.1 Å². The second kappa shape index (κ2) is 4.71. The van der Waals surface area contributed by atoms with Gasteiger partial charge >= 0.3 is 5.97 Å². The van der Waals surface area contributed by atoms with Crippen LogP contribution in [0.1, 0.15) is 41.6 Å². The molecule has 0 bridgehead atoms. The van der Waals surface area contributed by atoms with Crippen molar-refractivity contribution in [2.45, 2.75) is 32.9 Å². The number of rotatable bonds is 5. The van der Waals surface area contributed by atoms with E-state index >= 15 is 0 Å². The fourth-order valence-corrected chi connectivity index (χ4v) is 1.49. The van der Waals surface area contributed by atoms with Gasteiger partial charge in [0.15, 0.2) is 5.78 Å². The molecule has 94 valence electrons. The molecule has 17 heavy (non-hydrogen) atoms. The number of nitrogens with zero attached hydrogens (tertiary/aromatic N) is 1. The molecule has 0 saturated heterocycles. The van der Waals surface area contributed by atoms with Crippen LogP contribution in [0.15, 0.2) is 12.3 Å². The van der Waals surface area contributed by atoms with Crippen molar-refractivity contribution in [2.75, 3.05) is 7.11 Å². The smallest absolute Gasteiger partial charge is 0.352 e. The predicted molar refractivity (Wildman–Crippen MR) is 62.5 cm³/mol. The van der Waals surface area contributed by atoms with Crippen LogP contribution in [-0.4, -0.2) is 34.1 Å². The highest BCUT2D eigenvalue weighted by Gasteiger charge is 2.22. The molecule has 0 aliphatic rings. The average Bonchev–Trinajstić information content (AvgIpc) is 2.61. The third kappa shape index (κ3) is 3.17. The minimum absolute atomic E-state index is 0.0975. The van der Waals surface area contributed by atoms with Crippen molar-refractivity contribution in [3.05, 3.63) is 23.5 Å². The fraction of sp³-hybridized carbons (Fsp3) is 0.500. The van der Waals surface area contributed by atoms with Gasteiger partial charge in [-0.25, -0.2) is 4.79 Å². The second-order valence-corrected chi connectivity index (χ2v) is 4.57. The summed E-state index contributed by atoms with van der Waals surface area (Å²) in [6, 6.07) is 1.39. The van der Waals surface area contributed by atoms with Crippen LogP contribution in [0, 0.1) is 0 Å². The zero-order valence-electron chi connectivity index (χ0n) is 10.5. The highest BCUT2D eigenvalue weighted by Crippen LogP contribution is 2.16. The molecule has 0 atom stereocenters. The van der Waals surface area contributed by atoms with Crippen LogP contribution in [0.5, 0.6) is 0 Å². The highest BCUT2D eigenvalue weighted by atomic mass is 16.5. The molecule has 0 aliphatic carbocycles. The average molecular weight is 239 g/mol. The van der Waals surface area contributed by atoms with E-state index in [4.69, 9.17) is 9.84 Å². The van der Waals surface area contributed by atoms with Crippen molar-refractivity contribution in [1.82, 2.24) is 4.57 Å². The molecule has 1 N–H and O–H groups in total. The summed E-state index contributed by atoms with van der Waals surface area (Å²) in [4.78, 5) is 22.3. The minimum Gasteiger partial charge on any atom is -0.477 e. The Hall–Kier alpha value is -1.62. The number of aromatic nitrogens is 1. The first-order valence-electron chi connectivity index (χ1n) is 5.26. The van der Waals surface area contributed by atoms with E-state index in [9.17, 15) is 9.59 Å². The number of carbonyl (C=O) groups excluding carboxylic acids is 1. The predicted octanol–water partition coefficient (Wildman–Crippen LogP) is 1.81. The molecule has 5 nitrogen and oxygen atoms in total. The van der Waals surface area contributed by atoms with E-state index in [1.807, 2.05) is 13.8 Å². The number of ketones is 1. The van der Waals surface area contributed by atoms with Gasteiger partial charge in [0.05, 0.1) is 12.1 Å². The Morgan fingerprint density at radius 2 is 2.06 bits per heavy atom. The van der Waals surface area contributed by atoms with Crippen molar-refractivity contribution >= 4 is 11.8 Å². The molecule has 1 aromatic heterocycles. The van der Waals surface area contributed by atoms with Crippen LogP contribution in [0.2, 0.25) is 0 Å². The van der Waals surface area contributed by atoms with Crippen LogP contribution in [0.3, 0.4) is 0 Å². The molecular weight excluding hydrogens is 222 g/mol. The van der Waals surface area contributed by atoms with Crippen LogP contribution >= 0.6 is 0 Å². The molecule has 1 rings (SSSR count). The van der Waals surface area contributed by atoms with Crippen molar-refractivity contribution in [1.29, 1.82) is 0 Å². The summed E-state index contributed by atoms with van der Waals surface area (Å²) < 4.78 is 6.78. The Kier molecular flexibility index (Phi) is 3.72. The first-order valence-corrected chi connectivity index (χ1v) is 5.26. The van der Waals surface area contributed by atoms with Crippen LogP contribution in [0.4, 0.5) is 0 Å². The highest BCUT2D eigenvalue weighted by molar-refractivity contribution is 5.97. The van der Waals surface area contributed by atoms with E-state index in [1.165, 1.54) is 17.6 Å². The van der Waals surface area contributed by atoms with Gasteiger partial charge in [-0.3, -0.25) is 4.79 Å². The second-order valence-electron chi connectivity index (χ2n) is 4.57. The SMILES string of the molecule is COC(C)(C)Cn1cc(C(C)=O)cc1C(=O)O. The lowest BCUT2D eigenvalue weighted by atomic mass is 10.1. The van der Waals surface area contributed by atoms with E-state index < -0.39 is 11.6 Å². The Bertz CT molecular complexity index is 445. The van der Waals surface area contributed by atoms with Crippen LogP contribution in [-0.2, 0) is 11.3 Å². The number of carboxylic acid groups (broad SMARTS) is 1. The molecule has 0 amide bonds. The fourth-order valence-electron chi connectivity index (χ4n) is 1.49. The minimum atomic E-state index is -1.05. The van der Waals surface area contributed by atoms with Gasteiger partial charge in [-0.15, -0.1) is 0 Å². The summed E-state index contributed by atoms with van der Waals surface area (Å²) >= 11 is 0. The molecular formula is C12H17NO4. The van der Waals surface area contributed by atoms with Gasteiger partial charge in [0.1, 0.15) is 5.69 Å². The number of aromatic carboxylic acids is 1. The normalized spacial score (nSPS) is 11.5. The van der Waals surface area contributed by atoms with Gasteiger partial charge in [-0.05, 0) is 26.8 Å². The molecule has 1 aromatic rings. The summed E-state index contributed by atoms with van der Waals surface area (Å²) in [6.07, 6.45) is 1.55. The van der Waals surface area contributed by atoms with Crippen LogP contribution < -0.4 is 0 Å². The lowest BCUT2D eigenvalue weighted by molar-refractivity contribution is 0.00739. The Morgan fingerprint density at radius 1 is 1.47 bits per heavy atom. The van der Waals surface area contributed by atoms with Crippen molar-refractivity contribution in [2.24, 2.45) is 0 Å². The van der Waals surface area contributed by atoms with Crippen molar-refractivity contribution in [3.63, 3.8) is 0 Å². The van der Waals surface area contributed by atoms with Gasteiger partial charge in [0.2, 0.25) is 0 Å². The maximum absolute atomic E-state index is 11.2. The lowest BCUT2D eigenvalue weighted by Gasteiger charge is -2.24. The van der Waals surface area contributed by atoms with Gasteiger partial charge in [0, 0.05) is 18.9 Å². The standard InChI is InChI=1S/C12H17NO4/c1-8(14)9-5-10(11(15)16)13(6-9)7-12(2,3)17-4/h5-6H,7H2,1-4H3,(H,15,16). The largest absolute Gasteiger partial charge is 0.477 e. The Labute approximate surface area is 100 Å². The summed E-state index contributed by atoms with van der Waals surface area (Å²) in [6.45, 7) is 5.49. The quantitative estimate of drug-likeness (QED) is 0.796. The Morgan fingerprint density at radius 3 is 2.47 bits per heavy atom. The zero-order valence-corrected chi connectivity index (χ0v) is 10.5. The number of Topliss-reactive ketones (excluding diaryl/α,β-unsaturated/α-hetero) is 1. The molecule has 1 heterocycles. The molecule has 0 saturated carbocycles. The van der Waals surface area contributed by atoms with E-state index in [0.717, 1.165) is 0 Å².